The number of ether oxygens (including phenoxy) is 1. The fourth-order valence-electron chi connectivity index (χ4n) is 4.56. The number of carbonyl (C=O) groups excluding carboxylic acids is 3. The number of hydrogen-bond acceptors (Lipinski definition) is 7. The Labute approximate surface area is 241 Å². The molecule has 0 aliphatic carbocycles. The minimum atomic E-state index is -1.02. The van der Waals surface area contributed by atoms with Gasteiger partial charge in [-0.3, -0.25) is 20.0 Å². The van der Waals surface area contributed by atoms with Crippen LogP contribution in [0.4, 0.5) is 9.59 Å². The van der Waals surface area contributed by atoms with E-state index in [0.717, 1.165) is 17.5 Å². The number of nitrogens with zero attached hydrogens (tertiary/aromatic N) is 4. The molecule has 3 N–H and O–H groups in total. The van der Waals surface area contributed by atoms with Crippen molar-refractivity contribution in [3.63, 3.8) is 0 Å². The summed E-state index contributed by atoms with van der Waals surface area (Å²) in [5.41, 5.74) is 3.93. The van der Waals surface area contributed by atoms with Crippen LogP contribution in [-0.2, 0) is 22.7 Å². The molecule has 2 aromatic carbocycles. The lowest BCUT2D eigenvalue weighted by atomic mass is 9.98. The van der Waals surface area contributed by atoms with Crippen LogP contribution in [0.25, 0.3) is 0 Å². The van der Waals surface area contributed by atoms with E-state index in [9.17, 15) is 19.6 Å². The summed E-state index contributed by atoms with van der Waals surface area (Å²) in [4.78, 5) is 43.9. The summed E-state index contributed by atoms with van der Waals surface area (Å²) < 4.78 is 5.06. The van der Waals surface area contributed by atoms with Gasteiger partial charge >= 0.3 is 12.1 Å². The van der Waals surface area contributed by atoms with E-state index in [4.69, 9.17) is 4.74 Å². The molecule has 1 aliphatic rings. The molecule has 0 spiro atoms. The maximum atomic E-state index is 13.4. The van der Waals surface area contributed by atoms with Gasteiger partial charge in [0, 0.05) is 26.2 Å². The summed E-state index contributed by atoms with van der Waals surface area (Å²) in [6.07, 6.45) is 1.06. The van der Waals surface area contributed by atoms with E-state index in [1.807, 2.05) is 74.5 Å². The molecule has 0 saturated carbocycles. The maximum Gasteiger partial charge on any atom is 0.435 e. The number of amides is 4. The van der Waals surface area contributed by atoms with Gasteiger partial charge in [0.2, 0.25) is 5.91 Å². The molecule has 3 rings (SSSR count). The van der Waals surface area contributed by atoms with Gasteiger partial charge in [0.05, 0.1) is 6.07 Å². The second-order valence-electron chi connectivity index (χ2n) is 10.4. The van der Waals surface area contributed by atoms with Gasteiger partial charge in [-0.15, -0.1) is 0 Å². The van der Waals surface area contributed by atoms with Crippen LogP contribution in [0.15, 0.2) is 65.7 Å². The van der Waals surface area contributed by atoms with Crippen LogP contribution in [0.2, 0.25) is 0 Å². The molecular weight excluding hydrogens is 522 g/mol. The smallest absolute Gasteiger partial charge is 0.435 e. The van der Waals surface area contributed by atoms with Gasteiger partial charge in [0.15, 0.2) is 0 Å². The van der Waals surface area contributed by atoms with Crippen LogP contribution in [0, 0.1) is 17.2 Å². The summed E-state index contributed by atoms with van der Waals surface area (Å²) in [6.45, 7) is 7.78. The summed E-state index contributed by atoms with van der Waals surface area (Å²) in [5, 5.41) is 16.7. The Balaban J connectivity index is 1.55. The van der Waals surface area contributed by atoms with Crippen LogP contribution in [-0.4, -0.2) is 65.5 Å². The van der Waals surface area contributed by atoms with E-state index in [0.29, 0.717) is 32.5 Å². The molecule has 0 radical (unpaired) electrons. The van der Waals surface area contributed by atoms with Gasteiger partial charge in [0.1, 0.15) is 24.5 Å². The molecule has 0 aromatic heterocycles. The molecule has 1 saturated heterocycles. The van der Waals surface area contributed by atoms with Crippen molar-refractivity contribution in [3.8, 4) is 6.07 Å². The summed E-state index contributed by atoms with van der Waals surface area (Å²) >= 11 is 0. The van der Waals surface area contributed by atoms with Gasteiger partial charge in [0.25, 0.3) is 0 Å². The lowest BCUT2D eigenvalue weighted by Gasteiger charge is -2.31. The molecule has 1 fully saturated rings. The minimum Gasteiger partial charge on any atom is -0.443 e. The van der Waals surface area contributed by atoms with Crippen molar-refractivity contribution in [3.05, 3.63) is 71.8 Å². The molecule has 2 aromatic rings. The molecule has 2 unspecified atom stereocenters. The number of rotatable bonds is 12. The van der Waals surface area contributed by atoms with Crippen molar-refractivity contribution in [2.24, 2.45) is 10.9 Å². The first-order valence-corrected chi connectivity index (χ1v) is 13.8. The van der Waals surface area contributed by atoms with E-state index in [-0.39, 0.29) is 25.0 Å². The topological polar surface area (TPSA) is 139 Å². The highest BCUT2D eigenvalue weighted by Crippen LogP contribution is 2.23. The van der Waals surface area contributed by atoms with Crippen molar-refractivity contribution >= 4 is 24.4 Å². The van der Waals surface area contributed by atoms with Gasteiger partial charge < -0.3 is 10.1 Å². The van der Waals surface area contributed by atoms with E-state index in [2.05, 4.69) is 32.0 Å². The third kappa shape index (κ3) is 10.0. The van der Waals surface area contributed by atoms with E-state index < -0.39 is 23.7 Å². The Hall–Kier alpha value is -4.27. The molecule has 2 atom stereocenters. The first kappa shape index (κ1) is 31.3. The second kappa shape index (κ2) is 15.5. The van der Waals surface area contributed by atoms with Crippen molar-refractivity contribution in [2.45, 2.75) is 58.3 Å². The minimum absolute atomic E-state index is 0.0633. The van der Waals surface area contributed by atoms with E-state index in [1.54, 1.807) is 6.92 Å². The second-order valence-corrected chi connectivity index (χ2v) is 10.4. The summed E-state index contributed by atoms with van der Waals surface area (Å²) in [7, 11) is 0. The number of benzene rings is 2. The monoisotopic (exact) mass is 561 g/mol. The lowest BCUT2D eigenvalue weighted by Crippen LogP contribution is -2.60. The summed E-state index contributed by atoms with van der Waals surface area (Å²) in [6, 6.07) is 20.1. The molecule has 11 nitrogen and oxygen atoms in total. The highest BCUT2D eigenvalue weighted by Gasteiger charge is 2.41. The predicted octanol–water partition coefficient (Wildman–Crippen LogP) is 3.59. The normalized spacial score (nSPS) is 17.6. The number of hydrogen-bond donors (Lipinski definition) is 3. The van der Waals surface area contributed by atoms with Crippen LogP contribution in [0.5, 0.6) is 0 Å². The Kier molecular flexibility index (Phi) is 11.8. The molecular formula is C30H39N7O4. The van der Waals surface area contributed by atoms with Gasteiger partial charge in [-0.1, -0.05) is 74.5 Å². The maximum absolute atomic E-state index is 13.4. The standard InChI is InChI=1S/C30H39N7O4/c1-4-37(28(39)32-22-33-29(40)41-19-25-13-9-6-10-14-25)35-26(17-23(2)3)27(38)34-30(20-31)15-16-36(21-30)18-24-11-7-5-8-12-24/h5-14,22-23,26,35H,4,15-19,21H2,1-3H3,(H,34,38)(H,32,33,39,40). The van der Waals surface area contributed by atoms with E-state index in [1.165, 1.54) is 5.01 Å². The van der Waals surface area contributed by atoms with Gasteiger partial charge in [-0.25, -0.2) is 15.0 Å². The fourth-order valence-corrected chi connectivity index (χ4v) is 4.56. The third-order valence-electron chi connectivity index (χ3n) is 6.63. The Morgan fingerprint density at radius 1 is 1.12 bits per heavy atom. The van der Waals surface area contributed by atoms with Crippen molar-refractivity contribution in [2.75, 3.05) is 19.6 Å². The van der Waals surface area contributed by atoms with Gasteiger partial charge in [-0.05, 0) is 36.8 Å². The van der Waals surface area contributed by atoms with Crippen LogP contribution < -0.4 is 16.1 Å². The molecule has 4 amide bonds. The fraction of sp³-hybridized carbons (Fsp3) is 0.433. The number of nitriles is 1. The highest BCUT2D eigenvalue weighted by atomic mass is 16.5. The first-order chi connectivity index (χ1) is 19.7. The molecule has 41 heavy (non-hydrogen) atoms. The van der Waals surface area contributed by atoms with Crippen molar-refractivity contribution < 1.29 is 19.1 Å². The number of likely N-dealkylation sites (tertiary alicyclic amines) is 1. The predicted molar refractivity (Wildman–Crippen MR) is 155 cm³/mol. The van der Waals surface area contributed by atoms with Gasteiger partial charge in [-0.2, -0.15) is 10.3 Å². The first-order valence-electron chi connectivity index (χ1n) is 13.8. The van der Waals surface area contributed by atoms with Crippen molar-refractivity contribution in [1.29, 1.82) is 5.26 Å². The molecule has 1 aliphatic heterocycles. The molecule has 11 heteroatoms. The highest BCUT2D eigenvalue weighted by molar-refractivity contribution is 5.90. The average molecular weight is 562 g/mol. The molecule has 218 valence electrons. The van der Waals surface area contributed by atoms with Crippen LogP contribution >= 0.6 is 0 Å². The van der Waals surface area contributed by atoms with E-state index >= 15 is 0 Å². The Morgan fingerprint density at radius 2 is 1.78 bits per heavy atom. The quantitative estimate of drug-likeness (QED) is 0.204. The Bertz CT molecular complexity index is 1220. The summed E-state index contributed by atoms with van der Waals surface area (Å²) in [5.74, 6) is -0.219. The lowest BCUT2D eigenvalue weighted by molar-refractivity contribution is -0.126. The average Bonchev–Trinajstić information content (AvgIpc) is 3.37. The third-order valence-corrected chi connectivity index (χ3v) is 6.63. The zero-order valence-electron chi connectivity index (χ0n) is 23.9. The SMILES string of the molecule is CCN(NC(CC(C)C)C(=O)NC1(C#N)CCN(Cc2ccccc2)C1)C(=O)NC=NC(=O)OCc1ccccc1. The number of hydrazine groups is 1. The van der Waals surface area contributed by atoms with Crippen molar-refractivity contribution in [1.82, 2.24) is 26.0 Å². The molecule has 1 heterocycles. The largest absolute Gasteiger partial charge is 0.443 e. The van der Waals surface area contributed by atoms with Crippen LogP contribution in [0.3, 0.4) is 0 Å². The molecule has 0 bridgehead atoms. The number of carbonyl (C=O) groups is 3. The van der Waals surface area contributed by atoms with Crippen LogP contribution in [0.1, 0.15) is 44.7 Å². The number of nitrogens with one attached hydrogen (secondary N) is 3. The zero-order valence-corrected chi connectivity index (χ0v) is 23.9. The number of aliphatic imine (C=N–C) groups is 1. The Morgan fingerprint density at radius 3 is 2.39 bits per heavy atom. The zero-order chi connectivity index (χ0) is 29.7. The number of urea groups is 1.